The molecule has 1 aliphatic heterocycles. The minimum atomic E-state index is -0.569. The summed E-state index contributed by atoms with van der Waals surface area (Å²) in [4.78, 5) is 26.4. The smallest absolute Gasteiger partial charge is 0.332 e. The van der Waals surface area contributed by atoms with Crippen molar-refractivity contribution in [2.24, 2.45) is 14.1 Å². The molecule has 0 amide bonds. The summed E-state index contributed by atoms with van der Waals surface area (Å²) < 4.78 is 8.28. The van der Waals surface area contributed by atoms with Gasteiger partial charge in [0, 0.05) is 40.0 Å². The number of halogens is 1. The molecule has 0 atom stereocenters. The van der Waals surface area contributed by atoms with Crippen LogP contribution >= 0.6 is 11.6 Å². The summed E-state index contributed by atoms with van der Waals surface area (Å²) in [5.74, 6) is 1.02. The van der Waals surface area contributed by atoms with E-state index in [0.717, 1.165) is 4.57 Å². The molecule has 1 saturated heterocycles. The highest BCUT2D eigenvalue weighted by Gasteiger charge is 2.26. The Labute approximate surface area is 155 Å². The van der Waals surface area contributed by atoms with Crippen molar-refractivity contribution >= 4 is 17.4 Å². The lowest BCUT2D eigenvalue weighted by Crippen LogP contribution is -2.46. The van der Waals surface area contributed by atoms with Gasteiger partial charge in [0.05, 0.1) is 5.02 Å². The highest BCUT2D eigenvalue weighted by Crippen LogP contribution is 2.28. The standard InChI is InChI=1S/C18H19ClN4O3/c1-21-16(13(11-20)17(24)22(2)18(21)25)23-9-7-12(8-10-23)26-15-6-4-3-5-14(15)19/h3-6,12H,7-10H2,1-2H3. The summed E-state index contributed by atoms with van der Waals surface area (Å²) in [6.45, 7) is 1.15. The Kier molecular flexibility index (Phi) is 5.05. The second-order valence-electron chi connectivity index (χ2n) is 6.25. The largest absolute Gasteiger partial charge is 0.489 e. The lowest BCUT2D eigenvalue weighted by Gasteiger charge is -2.34. The van der Waals surface area contributed by atoms with Gasteiger partial charge in [0.2, 0.25) is 0 Å². The molecule has 1 aromatic carbocycles. The number of nitrogens with zero attached hydrogens (tertiary/aromatic N) is 4. The van der Waals surface area contributed by atoms with E-state index in [1.54, 1.807) is 13.1 Å². The number of piperidine rings is 1. The fourth-order valence-corrected chi connectivity index (χ4v) is 3.39. The number of nitriles is 1. The maximum atomic E-state index is 12.2. The van der Waals surface area contributed by atoms with E-state index in [2.05, 4.69) is 0 Å². The predicted molar refractivity (Wildman–Crippen MR) is 99.0 cm³/mol. The first-order valence-corrected chi connectivity index (χ1v) is 8.68. The van der Waals surface area contributed by atoms with Crippen LogP contribution in [0.2, 0.25) is 5.02 Å². The number of aromatic nitrogens is 2. The highest BCUT2D eigenvalue weighted by molar-refractivity contribution is 6.32. The molecule has 2 heterocycles. The van der Waals surface area contributed by atoms with E-state index >= 15 is 0 Å². The summed E-state index contributed by atoms with van der Waals surface area (Å²) in [7, 11) is 2.95. The van der Waals surface area contributed by atoms with Crippen LogP contribution in [0.25, 0.3) is 0 Å². The lowest BCUT2D eigenvalue weighted by molar-refractivity contribution is 0.170. The molecular weight excluding hydrogens is 356 g/mol. The zero-order valence-corrected chi connectivity index (χ0v) is 15.4. The zero-order chi connectivity index (χ0) is 18.8. The van der Waals surface area contributed by atoms with Crippen molar-refractivity contribution in [2.45, 2.75) is 18.9 Å². The first-order chi connectivity index (χ1) is 12.4. The molecule has 0 aliphatic carbocycles. The van der Waals surface area contributed by atoms with Gasteiger partial charge in [-0.05, 0) is 12.1 Å². The molecule has 1 aromatic heterocycles. The Balaban J connectivity index is 1.81. The van der Waals surface area contributed by atoms with Crippen LogP contribution in [0.1, 0.15) is 18.4 Å². The molecule has 26 heavy (non-hydrogen) atoms. The predicted octanol–water partition coefficient (Wildman–Crippen LogP) is 1.66. The lowest BCUT2D eigenvalue weighted by atomic mass is 10.1. The summed E-state index contributed by atoms with van der Waals surface area (Å²) >= 11 is 6.13. The number of rotatable bonds is 3. The van der Waals surface area contributed by atoms with Gasteiger partial charge < -0.3 is 9.64 Å². The maximum Gasteiger partial charge on any atom is 0.332 e. The molecule has 0 radical (unpaired) electrons. The minimum Gasteiger partial charge on any atom is -0.489 e. The third-order valence-corrected chi connectivity index (χ3v) is 4.93. The van der Waals surface area contributed by atoms with Gasteiger partial charge in [0.1, 0.15) is 23.7 Å². The van der Waals surface area contributed by atoms with Crippen LogP contribution in [0, 0.1) is 11.3 Å². The van der Waals surface area contributed by atoms with E-state index in [1.165, 1.54) is 11.6 Å². The summed E-state index contributed by atoms with van der Waals surface area (Å²) in [6, 6.07) is 9.26. The van der Waals surface area contributed by atoms with Gasteiger partial charge >= 0.3 is 5.69 Å². The van der Waals surface area contributed by atoms with Gasteiger partial charge in [-0.15, -0.1) is 0 Å². The second-order valence-corrected chi connectivity index (χ2v) is 6.66. The number of benzene rings is 1. The van der Waals surface area contributed by atoms with Crippen molar-refractivity contribution in [2.75, 3.05) is 18.0 Å². The number of hydrogen-bond acceptors (Lipinski definition) is 5. The average molecular weight is 375 g/mol. The van der Waals surface area contributed by atoms with Crippen molar-refractivity contribution in [1.29, 1.82) is 5.26 Å². The van der Waals surface area contributed by atoms with Crippen LogP contribution in [0.15, 0.2) is 33.9 Å². The van der Waals surface area contributed by atoms with Gasteiger partial charge in [-0.2, -0.15) is 5.26 Å². The van der Waals surface area contributed by atoms with E-state index < -0.39 is 11.2 Å². The Hall–Kier alpha value is -2.72. The Morgan fingerprint density at radius 2 is 1.81 bits per heavy atom. The van der Waals surface area contributed by atoms with Crippen LogP contribution in [0.3, 0.4) is 0 Å². The molecule has 1 fully saturated rings. The van der Waals surface area contributed by atoms with Crippen LogP contribution < -0.4 is 20.9 Å². The number of ether oxygens (including phenoxy) is 1. The van der Waals surface area contributed by atoms with Gasteiger partial charge in [0.25, 0.3) is 5.56 Å². The molecule has 0 bridgehead atoms. The Morgan fingerprint density at radius 1 is 1.15 bits per heavy atom. The van der Waals surface area contributed by atoms with Crippen LogP contribution in [-0.4, -0.2) is 28.3 Å². The summed E-state index contributed by atoms with van der Waals surface area (Å²) in [6.07, 6.45) is 1.37. The minimum absolute atomic E-state index is 0.0136. The number of para-hydroxylation sites is 1. The number of anilines is 1. The van der Waals surface area contributed by atoms with Crippen LogP contribution in [0.5, 0.6) is 5.75 Å². The van der Waals surface area contributed by atoms with Gasteiger partial charge in [-0.3, -0.25) is 13.9 Å². The van der Waals surface area contributed by atoms with Crippen molar-refractivity contribution in [3.63, 3.8) is 0 Å². The molecule has 0 unspecified atom stereocenters. The van der Waals surface area contributed by atoms with Crippen molar-refractivity contribution in [3.05, 3.63) is 55.7 Å². The van der Waals surface area contributed by atoms with Gasteiger partial charge in [-0.1, -0.05) is 23.7 Å². The summed E-state index contributed by atoms with van der Waals surface area (Å²) in [5, 5.41) is 9.97. The highest BCUT2D eigenvalue weighted by atomic mass is 35.5. The molecule has 0 spiro atoms. The van der Waals surface area contributed by atoms with Crippen molar-refractivity contribution < 1.29 is 4.74 Å². The third-order valence-electron chi connectivity index (χ3n) is 4.62. The monoisotopic (exact) mass is 374 g/mol. The average Bonchev–Trinajstić information content (AvgIpc) is 2.65. The third kappa shape index (κ3) is 3.20. The Bertz CT molecular complexity index is 981. The molecule has 2 aromatic rings. The quantitative estimate of drug-likeness (QED) is 0.816. The van der Waals surface area contributed by atoms with Crippen molar-refractivity contribution in [3.8, 4) is 11.8 Å². The molecular formula is C18H19ClN4O3. The molecule has 3 rings (SSSR count). The molecule has 136 valence electrons. The van der Waals surface area contributed by atoms with E-state index in [1.807, 2.05) is 29.2 Å². The maximum absolute atomic E-state index is 12.2. The fraction of sp³-hybridized carbons (Fsp3) is 0.389. The van der Waals surface area contributed by atoms with E-state index in [9.17, 15) is 14.9 Å². The van der Waals surface area contributed by atoms with E-state index in [0.29, 0.717) is 42.5 Å². The summed E-state index contributed by atoms with van der Waals surface area (Å²) in [5.41, 5.74) is -1.03. The topological polar surface area (TPSA) is 80.3 Å². The molecule has 0 N–H and O–H groups in total. The van der Waals surface area contributed by atoms with Crippen molar-refractivity contribution in [1.82, 2.24) is 9.13 Å². The van der Waals surface area contributed by atoms with E-state index in [-0.39, 0.29) is 11.7 Å². The van der Waals surface area contributed by atoms with Crippen LogP contribution in [-0.2, 0) is 14.1 Å². The zero-order valence-electron chi connectivity index (χ0n) is 14.6. The first-order valence-electron chi connectivity index (χ1n) is 8.30. The molecule has 1 aliphatic rings. The van der Waals surface area contributed by atoms with Crippen LogP contribution in [0.4, 0.5) is 5.82 Å². The van der Waals surface area contributed by atoms with Gasteiger partial charge in [-0.25, -0.2) is 4.79 Å². The molecule has 7 nitrogen and oxygen atoms in total. The Morgan fingerprint density at radius 3 is 2.42 bits per heavy atom. The second kappa shape index (κ2) is 7.26. The SMILES string of the molecule is Cn1c(N2CCC(Oc3ccccc3Cl)CC2)c(C#N)c(=O)n(C)c1=O. The molecule has 0 saturated carbocycles. The first kappa shape index (κ1) is 18.1. The van der Waals surface area contributed by atoms with Gasteiger partial charge in [0.15, 0.2) is 5.56 Å². The normalized spacial score (nSPS) is 14.9. The molecule has 8 heteroatoms. The number of hydrogen-bond donors (Lipinski definition) is 0. The fourth-order valence-electron chi connectivity index (χ4n) is 3.21. The van der Waals surface area contributed by atoms with E-state index in [4.69, 9.17) is 16.3 Å².